The van der Waals surface area contributed by atoms with Crippen LogP contribution < -0.4 is 11.1 Å². The van der Waals surface area contributed by atoms with E-state index >= 15 is 0 Å². The van der Waals surface area contributed by atoms with Crippen molar-refractivity contribution in [2.45, 2.75) is 0 Å². The van der Waals surface area contributed by atoms with Crippen molar-refractivity contribution in [1.29, 1.82) is 0 Å². The third-order valence-corrected chi connectivity index (χ3v) is 3.57. The summed E-state index contributed by atoms with van der Waals surface area (Å²) < 4.78 is 4.84. The summed E-state index contributed by atoms with van der Waals surface area (Å²) in [6.45, 7) is -0.648. The van der Waals surface area contributed by atoms with Gasteiger partial charge in [0.25, 0.3) is 11.6 Å². The molecule has 0 heterocycles. The van der Waals surface area contributed by atoms with Crippen LogP contribution in [-0.4, -0.2) is 23.4 Å². The summed E-state index contributed by atoms with van der Waals surface area (Å²) in [5, 5.41) is 13.7. The summed E-state index contributed by atoms with van der Waals surface area (Å²) in [7, 11) is 0. The molecule has 0 aliphatic rings. The van der Waals surface area contributed by atoms with Gasteiger partial charge in [0.15, 0.2) is 6.61 Å². The van der Waals surface area contributed by atoms with Crippen molar-refractivity contribution >= 4 is 52.1 Å². The van der Waals surface area contributed by atoms with E-state index in [-0.39, 0.29) is 32.7 Å². The number of amides is 1. The lowest BCUT2D eigenvalue weighted by Crippen LogP contribution is -2.21. The first-order valence-corrected chi connectivity index (χ1v) is 7.49. The number of nitro benzene ring substituents is 1. The van der Waals surface area contributed by atoms with Crippen LogP contribution >= 0.6 is 23.2 Å². The lowest BCUT2D eigenvalue weighted by molar-refractivity contribution is -0.383. The van der Waals surface area contributed by atoms with Crippen molar-refractivity contribution in [2.24, 2.45) is 0 Å². The number of hydrogen-bond donors (Lipinski definition) is 2. The molecule has 8 nitrogen and oxygen atoms in total. The maximum absolute atomic E-state index is 11.9. The number of rotatable bonds is 5. The molecule has 2 rings (SSSR count). The topological polar surface area (TPSA) is 125 Å². The molecule has 0 unspecified atom stereocenters. The van der Waals surface area contributed by atoms with E-state index in [0.29, 0.717) is 0 Å². The number of nitrogen functional groups attached to an aromatic ring is 1. The summed E-state index contributed by atoms with van der Waals surface area (Å²) in [5.74, 6) is -1.56. The van der Waals surface area contributed by atoms with Crippen LogP contribution in [0.25, 0.3) is 0 Å². The molecule has 0 aliphatic heterocycles. The Morgan fingerprint density at radius 3 is 2.56 bits per heavy atom. The molecule has 0 aromatic heterocycles. The molecule has 1 amide bonds. The predicted molar refractivity (Wildman–Crippen MR) is 92.9 cm³/mol. The highest BCUT2D eigenvalue weighted by molar-refractivity contribution is 6.33. The van der Waals surface area contributed by atoms with E-state index in [4.69, 9.17) is 33.7 Å². The number of hydrogen-bond acceptors (Lipinski definition) is 6. The van der Waals surface area contributed by atoms with Crippen LogP contribution in [0, 0.1) is 10.1 Å². The molecule has 2 aromatic rings. The van der Waals surface area contributed by atoms with Crippen LogP contribution in [0.4, 0.5) is 17.1 Å². The molecule has 3 N–H and O–H groups in total. The van der Waals surface area contributed by atoms with E-state index in [1.165, 1.54) is 30.3 Å². The molecule has 10 heteroatoms. The first-order chi connectivity index (χ1) is 11.8. The van der Waals surface area contributed by atoms with Gasteiger partial charge in [-0.1, -0.05) is 23.2 Å². The lowest BCUT2D eigenvalue weighted by atomic mass is 10.2. The van der Waals surface area contributed by atoms with Crippen molar-refractivity contribution in [2.75, 3.05) is 17.7 Å². The third kappa shape index (κ3) is 4.82. The molecule has 0 saturated heterocycles. The van der Waals surface area contributed by atoms with Gasteiger partial charge in [0.1, 0.15) is 5.69 Å². The first-order valence-electron chi connectivity index (χ1n) is 6.74. The summed E-state index contributed by atoms with van der Waals surface area (Å²) in [6, 6.07) is 7.81. The molecule has 0 saturated carbocycles. The van der Waals surface area contributed by atoms with E-state index < -0.39 is 23.4 Å². The van der Waals surface area contributed by atoms with Crippen molar-refractivity contribution in [1.82, 2.24) is 0 Å². The van der Waals surface area contributed by atoms with Gasteiger partial charge in [-0.2, -0.15) is 0 Å². The number of anilines is 2. The molecule has 0 bridgehead atoms. The number of benzene rings is 2. The van der Waals surface area contributed by atoms with Crippen LogP contribution in [0.3, 0.4) is 0 Å². The second-order valence-corrected chi connectivity index (χ2v) is 5.62. The highest BCUT2D eigenvalue weighted by atomic mass is 35.5. The van der Waals surface area contributed by atoms with Crippen LogP contribution in [0.1, 0.15) is 10.4 Å². The fourth-order valence-corrected chi connectivity index (χ4v) is 2.13. The van der Waals surface area contributed by atoms with Gasteiger partial charge in [0.05, 0.1) is 21.2 Å². The maximum Gasteiger partial charge on any atom is 0.338 e. The molecule has 25 heavy (non-hydrogen) atoms. The maximum atomic E-state index is 11.9. The average Bonchev–Trinajstić information content (AvgIpc) is 2.55. The van der Waals surface area contributed by atoms with Gasteiger partial charge in [0, 0.05) is 11.1 Å². The normalized spacial score (nSPS) is 10.2. The highest BCUT2D eigenvalue weighted by Crippen LogP contribution is 2.27. The zero-order valence-electron chi connectivity index (χ0n) is 12.5. The smallest absolute Gasteiger partial charge is 0.338 e. The number of nitrogens with one attached hydrogen (secondary N) is 1. The van der Waals surface area contributed by atoms with Crippen LogP contribution in [0.5, 0.6) is 0 Å². The quantitative estimate of drug-likeness (QED) is 0.353. The van der Waals surface area contributed by atoms with E-state index in [9.17, 15) is 19.7 Å². The molecule has 0 aliphatic carbocycles. The van der Waals surface area contributed by atoms with Crippen molar-refractivity contribution in [3.63, 3.8) is 0 Å². The summed E-state index contributed by atoms with van der Waals surface area (Å²) in [4.78, 5) is 34.0. The van der Waals surface area contributed by atoms with Gasteiger partial charge in [-0.05, 0) is 30.3 Å². The standard InChI is InChI=1S/C15H11Cl2N3O5/c16-9-2-4-13(20(23)24)12(6-9)19-14(21)7-25-15(22)8-1-3-10(17)11(18)5-8/h1-6H,7,18H2,(H,19,21). The molecule has 2 aromatic carbocycles. The Morgan fingerprint density at radius 2 is 1.92 bits per heavy atom. The third-order valence-electron chi connectivity index (χ3n) is 3.00. The highest BCUT2D eigenvalue weighted by Gasteiger charge is 2.17. The van der Waals surface area contributed by atoms with Gasteiger partial charge < -0.3 is 15.8 Å². The number of esters is 1. The number of nitrogens with two attached hydrogens (primary N) is 1. The fourth-order valence-electron chi connectivity index (χ4n) is 1.84. The number of nitro groups is 1. The Morgan fingerprint density at radius 1 is 1.20 bits per heavy atom. The minimum absolute atomic E-state index is 0.103. The predicted octanol–water partition coefficient (Wildman–Crippen LogP) is 3.28. The molecule has 130 valence electrons. The van der Waals surface area contributed by atoms with Gasteiger partial charge in [0.2, 0.25) is 0 Å². The monoisotopic (exact) mass is 383 g/mol. The van der Waals surface area contributed by atoms with Gasteiger partial charge in [-0.25, -0.2) is 4.79 Å². The van der Waals surface area contributed by atoms with Gasteiger partial charge >= 0.3 is 5.97 Å². The van der Waals surface area contributed by atoms with Crippen LogP contribution in [-0.2, 0) is 9.53 Å². The molecular formula is C15H11Cl2N3O5. The Bertz CT molecular complexity index is 857. The molecule has 0 spiro atoms. The van der Waals surface area contributed by atoms with Gasteiger partial charge in [-0.3, -0.25) is 14.9 Å². The minimum atomic E-state index is -0.792. The van der Waals surface area contributed by atoms with E-state index in [2.05, 4.69) is 5.32 Å². The largest absolute Gasteiger partial charge is 0.452 e. The van der Waals surface area contributed by atoms with Crippen molar-refractivity contribution < 1.29 is 19.2 Å². The molecule has 0 fully saturated rings. The number of nitrogens with zero attached hydrogens (tertiary/aromatic N) is 1. The lowest BCUT2D eigenvalue weighted by Gasteiger charge is -2.08. The zero-order chi connectivity index (χ0) is 18.6. The second-order valence-electron chi connectivity index (χ2n) is 4.78. The summed E-state index contributed by atoms with van der Waals surface area (Å²) in [5.41, 5.74) is 5.44. The summed E-state index contributed by atoms with van der Waals surface area (Å²) in [6.07, 6.45) is 0. The van der Waals surface area contributed by atoms with Gasteiger partial charge in [-0.15, -0.1) is 0 Å². The van der Waals surface area contributed by atoms with E-state index in [1.807, 2.05) is 0 Å². The van der Waals surface area contributed by atoms with E-state index in [0.717, 1.165) is 6.07 Å². The van der Waals surface area contributed by atoms with Crippen molar-refractivity contribution in [3.8, 4) is 0 Å². The number of halogens is 2. The Kier molecular flexibility index (Phi) is 5.79. The SMILES string of the molecule is Nc1cc(C(=O)OCC(=O)Nc2cc(Cl)ccc2[N+](=O)[O-])ccc1Cl. The van der Waals surface area contributed by atoms with Crippen molar-refractivity contribution in [3.05, 3.63) is 62.1 Å². The molecule has 0 radical (unpaired) electrons. The van der Waals surface area contributed by atoms with E-state index in [1.54, 1.807) is 0 Å². The molecule has 0 atom stereocenters. The Labute approximate surface area is 151 Å². The zero-order valence-corrected chi connectivity index (χ0v) is 14.0. The molecular weight excluding hydrogens is 373 g/mol. The van der Waals surface area contributed by atoms with Crippen LogP contribution in [0.15, 0.2) is 36.4 Å². The number of ether oxygens (including phenoxy) is 1. The minimum Gasteiger partial charge on any atom is -0.452 e. The Hall–Kier alpha value is -2.84. The summed E-state index contributed by atoms with van der Waals surface area (Å²) >= 11 is 11.5. The number of carbonyl (C=O) groups excluding carboxylic acids is 2. The average molecular weight is 384 g/mol. The number of carbonyl (C=O) groups is 2. The van der Waals surface area contributed by atoms with Crippen LogP contribution in [0.2, 0.25) is 10.0 Å². The first kappa shape index (κ1) is 18.5. The second kappa shape index (κ2) is 7.82. The fraction of sp³-hybridized carbons (Fsp3) is 0.0667. The Balaban J connectivity index is 2.01.